The number of quaternary nitrogens is 1. The summed E-state index contributed by atoms with van der Waals surface area (Å²) in [5.74, 6) is 0. The maximum absolute atomic E-state index is 14.9. The minimum absolute atomic E-state index is 0.575. The van der Waals surface area contributed by atoms with Gasteiger partial charge in [0.05, 0.1) is 27.2 Å². The maximum atomic E-state index is 14.9. The molecular weight excluding hydrogens is 265 g/mol. The van der Waals surface area contributed by atoms with Gasteiger partial charge in [0.1, 0.15) is 5.67 Å². The lowest BCUT2D eigenvalue weighted by Crippen LogP contribution is -2.60. The molecule has 0 amide bonds. The molecule has 0 atom stereocenters. The summed E-state index contributed by atoms with van der Waals surface area (Å²) in [6, 6.07) is 0. The number of halogens is 1. The molecule has 3 fully saturated rings. The van der Waals surface area contributed by atoms with Crippen molar-refractivity contribution in [3.63, 3.8) is 0 Å². The van der Waals surface area contributed by atoms with Gasteiger partial charge in [-0.2, -0.15) is 0 Å². The molecule has 0 saturated carbocycles. The van der Waals surface area contributed by atoms with Crippen molar-refractivity contribution in [3.05, 3.63) is 0 Å². The summed E-state index contributed by atoms with van der Waals surface area (Å²) in [5.41, 5.74) is -0.346. The first-order valence-corrected chi connectivity index (χ1v) is 8.85. The molecule has 3 aliphatic heterocycles. The highest BCUT2D eigenvalue weighted by atomic mass is 19.1. The number of alkyl halides is 1. The molecule has 21 heavy (non-hydrogen) atoms. The third kappa shape index (κ3) is 4.17. The van der Waals surface area contributed by atoms with Gasteiger partial charge in [-0.05, 0) is 31.3 Å². The summed E-state index contributed by atoms with van der Waals surface area (Å²) in [5, 5.41) is 3.39. The number of likely N-dealkylation sites (tertiary alicyclic amines) is 2. The van der Waals surface area contributed by atoms with Crippen LogP contribution in [0.2, 0.25) is 0 Å². The van der Waals surface area contributed by atoms with Crippen molar-refractivity contribution in [2.45, 2.75) is 45.2 Å². The Labute approximate surface area is 130 Å². The summed E-state index contributed by atoms with van der Waals surface area (Å²) >= 11 is 0. The summed E-state index contributed by atoms with van der Waals surface area (Å²) in [6.45, 7) is 11.2. The first-order chi connectivity index (χ1) is 9.91. The van der Waals surface area contributed by atoms with Crippen LogP contribution < -0.4 is 5.32 Å². The normalized spacial score (nSPS) is 30.1. The van der Waals surface area contributed by atoms with Crippen LogP contribution in [0.4, 0.5) is 4.39 Å². The molecule has 3 heterocycles. The highest BCUT2D eigenvalue weighted by Crippen LogP contribution is 2.37. The smallest absolute Gasteiger partial charge is 0.134 e. The Morgan fingerprint density at radius 3 is 1.95 bits per heavy atom. The van der Waals surface area contributed by atoms with Crippen LogP contribution in [0, 0.1) is 5.41 Å². The molecule has 0 radical (unpaired) electrons. The van der Waals surface area contributed by atoms with Crippen LogP contribution in [0.1, 0.15) is 39.5 Å². The van der Waals surface area contributed by atoms with Crippen molar-refractivity contribution >= 4 is 0 Å². The Balaban J connectivity index is 0.000000774. The molecule has 124 valence electrons. The average Bonchev–Trinajstić information content (AvgIpc) is 2.44. The average molecular weight is 300 g/mol. The van der Waals surface area contributed by atoms with Crippen LogP contribution in [-0.4, -0.2) is 75.0 Å². The molecule has 3 rings (SSSR count). The molecule has 0 aromatic heterocycles. The number of nitrogens with zero attached hydrogens (tertiary/aromatic N) is 2. The van der Waals surface area contributed by atoms with Crippen LogP contribution >= 0.6 is 0 Å². The SMILES string of the molecule is CC.C[N+]1(C)CCC(F)(CN2CCC3(CC2)CNC3)CC1. The summed E-state index contributed by atoms with van der Waals surface area (Å²) in [6.07, 6.45) is 4.00. The Morgan fingerprint density at radius 1 is 1.00 bits per heavy atom. The molecule has 0 aromatic rings. The lowest BCUT2D eigenvalue weighted by molar-refractivity contribution is -0.897. The molecule has 4 heteroatoms. The molecule has 3 nitrogen and oxygen atoms in total. The van der Waals surface area contributed by atoms with Crippen LogP contribution in [0.5, 0.6) is 0 Å². The van der Waals surface area contributed by atoms with E-state index in [0.717, 1.165) is 43.5 Å². The van der Waals surface area contributed by atoms with Crippen LogP contribution in [-0.2, 0) is 0 Å². The van der Waals surface area contributed by atoms with E-state index in [1.54, 1.807) is 0 Å². The van der Waals surface area contributed by atoms with E-state index in [4.69, 9.17) is 0 Å². The molecule has 0 bridgehead atoms. The van der Waals surface area contributed by atoms with Crippen LogP contribution in [0.3, 0.4) is 0 Å². The predicted molar refractivity (Wildman–Crippen MR) is 87.2 cm³/mol. The Kier molecular flexibility index (Phi) is 5.32. The van der Waals surface area contributed by atoms with E-state index in [2.05, 4.69) is 24.3 Å². The standard InChI is InChI=1S/C15H29FN3.C2H6/c1-19(2)9-5-15(16,6-10-19)13-18-7-3-14(4-8-18)11-17-12-14;1-2/h17H,3-13H2,1-2H3;1-2H3/q+1;. The van der Waals surface area contributed by atoms with Gasteiger partial charge in [0, 0.05) is 32.5 Å². The van der Waals surface area contributed by atoms with E-state index in [1.165, 1.54) is 25.9 Å². The van der Waals surface area contributed by atoms with Gasteiger partial charge >= 0.3 is 0 Å². The zero-order chi connectivity index (χ0) is 15.6. The summed E-state index contributed by atoms with van der Waals surface area (Å²) < 4.78 is 15.9. The molecule has 0 unspecified atom stereocenters. The molecule has 0 aliphatic carbocycles. The summed E-state index contributed by atoms with van der Waals surface area (Å²) in [7, 11) is 4.43. The summed E-state index contributed by atoms with van der Waals surface area (Å²) in [4.78, 5) is 2.38. The molecule has 1 N–H and O–H groups in total. The molecule has 3 aliphatic rings. The van der Waals surface area contributed by atoms with E-state index in [1.807, 2.05) is 13.8 Å². The lowest BCUT2D eigenvalue weighted by Gasteiger charge is -2.50. The largest absolute Gasteiger partial charge is 0.328 e. The molecular formula is C17H35FN3+. The van der Waals surface area contributed by atoms with Crippen molar-refractivity contribution in [2.24, 2.45) is 5.41 Å². The number of hydrogen-bond acceptors (Lipinski definition) is 2. The zero-order valence-corrected chi connectivity index (χ0v) is 14.6. The fraction of sp³-hybridized carbons (Fsp3) is 1.00. The van der Waals surface area contributed by atoms with Gasteiger partial charge in [-0.3, -0.25) is 0 Å². The highest BCUT2D eigenvalue weighted by molar-refractivity contribution is 4.97. The first-order valence-electron chi connectivity index (χ1n) is 8.85. The van der Waals surface area contributed by atoms with Gasteiger partial charge in [-0.1, -0.05) is 13.8 Å². The lowest BCUT2D eigenvalue weighted by atomic mass is 9.73. The van der Waals surface area contributed by atoms with Crippen LogP contribution in [0.25, 0.3) is 0 Å². The molecule has 3 saturated heterocycles. The number of rotatable bonds is 2. The van der Waals surface area contributed by atoms with Crippen molar-refractivity contribution in [3.8, 4) is 0 Å². The quantitative estimate of drug-likeness (QED) is 0.787. The predicted octanol–water partition coefficient (Wildman–Crippen LogP) is 2.28. The second-order valence-electron chi connectivity index (χ2n) is 7.91. The van der Waals surface area contributed by atoms with E-state index in [0.29, 0.717) is 12.0 Å². The Morgan fingerprint density at radius 2 is 1.52 bits per heavy atom. The number of nitrogens with one attached hydrogen (secondary N) is 1. The van der Waals surface area contributed by atoms with Crippen molar-refractivity contribution in [1.82, 2.24) is 10.2 Å². The fourth-order valence-corrected chi connectivity index (χ4v) is 3.82. The van der Waals surface area contributed by atoms with Gasteiger partial charge in [0.2, 0.25) is 0 Å². The van der Waals surface area contributed by atoms with Gasteiger partial charge in [-0.15, -0.1) is 0 Å². The van der Waals surface area contributed by atoms with Crippen molar-refractivity contribution < 1.29 is 8.87 Å². The van der Waals surface area contributed by atoms with Gasteiger partial charge < -0.3 is 14.7 Å². The van der Waals surface area contributed by atoms with Gasteiger partial charge in [0.25, 0.3) is 0 Å². The zero-order valence-electron chi connectivity index (χ0n) is 14.6. The van der Waals surface area contributed by atoms with E-state index in [9.17, 15) is 4.39 Å². The van der Waals surface area contributed by atoms with Gasteiger partial charge in [0.15, 0.2) is 0 Å². The number of piperidine rings is 2. The van der Waals surface area contributed by atoms with Crippen molar-refractivity contribution in [1.29, 1.82) is 0 Å². The monoisotopic (exact) mass is 300 g/mol. The van der Waals surface area contributed by atoms with E-state index in [-0.39, 0.29) is 0 Å². The minimum Gasteiger partial charge on any atom is -0.328 e. The Bertz CT molecular complexity index is 319. The van der Waals surface area contributed by atoms with E-state index < -0.39 is 5.67 Å². The second kappa shape index (κ2) is 6.51. The third-order valence-corrected chi connectivity index (χ3v) is 5.75. The second-order valence-corrected chi connectivity index (χ2v) is 7.91. The molecule has 0 aromatic carbocycles. The number of hydrogen-bond donors (Lipinski definition) is 1. The topological polar surface area (TPSA) is 15.3 Å². The minimum atomic E-state index is -0.920. The maximum Gasteiger partial charge on any atom is 0.134 e. The Hall–Kier alpha value is -0.190. The first kappa shape index (κ1) is 17.2. The highest BCUT2D eigenvalue weighted by Gasteiger charge is 2.44. The van der Waals surface area contributed by atoms with E-state index >= 15 is 0 Å². The fourth-order valence-electron chi connectivity index (χ4n) is 3.82. The molecule has 1 spiro atoms. The third-order valence-electron chi connectivity index (χ3n) is 5.75. The van der Waals surface area contributed by atoms with Crippen molar-refractivity contribution in [2.75, 3.05) is 59.9 Å². The van der Waals surface area contributed by atoms with Gasteiger partial charge in [-0.25, -0.2) is 4.39 Å². The van der Waals surface area contributed by atoms with Crippen LogP contribution in [0.15, 0.2) is 0 Å².